The van der Waals surface area contributed by atoms with Gasteiger partial charge in [0.15, 0.2) is 0 Å². The van der Waals surface area contributed by atoms with Crippen LogP contribution in [0.2, 0.25) is 0 Å². The maximum atomic E-state index is 12.1. The van der Waals surface area contributed by atoms with E-state index < -0.39 is 0 Å². The van der Waals surface area contributed by atoms with Crippen LogP contribution in [0.15, 0.2) is 24.3 Å². The second-order valence-electron chi connectivity index (χ2n) is 5.71. The molecule has 1 aliphatic carbocycles. The van der Waals surface area contributed by atoms with Gasteiger partial charge in [-0.15, -0.1) is 12.4 Å². The molecule has 1 atom stereocenters. The maximum Gasteiger partial charge on any atom is 0.251 e. The van der Waals surface area contributed by atoms with E-state index in [1.807, 2.05) is 24.3 Å². The molecule has 1 aromatic rings. The molecule has 3 rings (SSSR count). The molecule has 1 amide bonds. The van der Waals surface area contributed by atoms with Crippen LogP contribution in [0, 0.1) is 0 Å². The Labute approximate surface area is 132 Å². The van der Waals surface area contributed by atoms with Crippen LogP contribution in [-0.4, -0.2) is 31.1 Å². The van der Waals surface area contributed by atoms with Crippen LogP contribution in [0.3, 0.4) is 0 Å². The third-order valence-corrected chi connectivity index (χ3v) is 4.10. The monoisotopic (exact) mass is 310 g/mol. The van der Waals surface area contributed by atoms with Crippen molar-refractivity contribution in [3.8, 4) is 5.75 Å². The number of ether oxygens (including phenoxy) is 1. The van der Waals surface area contributed by atoms with Crippen LogP contribution in [-0.2, 0) is 0 Å². The first-order valence-corrected chi connectivity index (χ1v) is 7.59. The Hall–Kier alpha value is -1.26. The van der Waals surface area contributed by atoms with E-state index in [1.165, 1.54) is 6.42 Å². The number of rotatable bonds is 4. The molecular formula is C16H23ClN2O2. The molecule has 2 aliphatic rings. The highest BCUT2D eigenvalue weighted by molar-refractivity contribution is 5.94. The first kappa shape index (κ1) is 16.1. The SMILES string of the molecule is Cl.O=C(N[C@H]1CCCNC1)c1ccc(OC2CCC2)cc1. The van der Waals surface area contributed by atoms with Crippen molar-refractivity contribution in [2.75, 3.05) is 13.1 Å². The largest absolute Gasteiger partial charge is 0.490 e. The van der Waals surface area contributed by atoms with Crippen molar-refractivity contribution in [3.63, 3.8) is 0 Å². The second-order valence-corrected chi connectivity index (χ2v) is 5.71. The average Bonchev–Trinajstić information content (AvgIpc) is 2.44. The first-order valence-electron chi connectivity index (χ1n) is 7.59. The van der Waals surface area contributed by atoms with Gasteiger partial charge in [0, 0.05) is 18.2 Å². The summed E-state index contributed by atoms with van der Waals surface area (Å²) in [6.07, 6.45) is 6.12. The van der Waals surface area contributed by atoms with Gasteiger partial charge in [0.25, 0.3) is 5.91 Å². The Morgan fingerprint density at radius 2 is 1.90 bits per heavy atom. The molecule has 1 saturated carbocycles. The normalized spacial score (nSPS) is 21.8. The maximum absolute atomic E-state index is 12.1. The molecule has 0 spiro atoms. The van der Waals surface area contributed by atoms with Crippen molar-refractivity contribution in [2.45, 2.75) is 44.2 Å². The van der Waals surface area contributed by atoms with Gasteiger partial charge in [-0.3, -0.25) is 4.79 Å². The molecule has 2 fully saturated rings. The smallest absolute Gasteiger partial charge is 0.251 e. The Balaban J connectivity index is 0.00000161. The summed E-state index contributed by atoms with van der Waals surface area (Å²) in [7, 11) is 0. The molecule has 1 aromatic carbocycles. The molecule has 116 valence electrons. The minimum atomic E-state index is 0. The van der Waals surface area contributed by atoms with Crippen LogP contribution in [0.25, 0.3) is 0 Å². The first-order chi connectivity index (χ1) is 9.81. The molecule has 1 saturated heterocycles. The minimum absolute atomic E-state index is 0. The Morgan fingerprint density at radius 1 is 1.14 bits per heavy atom. The van der Waals surface area contributed by atoms with E-state index in [0.717, 1.165) is 44.5 Å². The fourth-order valence-electron chi connectivity index (χ4n) is 2.61. The van der Waals surface area contributed by atoms with Gasteiger partial charge in [-0.1, -0.05) is 0 Å². The highest BCUT2D eigenvalue weighted by Gasteiger charge is 2.19. The van der Waals surface area contributed by atoms with Gasteiger partial charge in [-0.25, -0.2) is 0 Å². The van der Waals surface area contributed by atoms with Crippen molar-refractivity contribution >= 4 is 18.3 Å². The third-order valence-electron chi connectivity index (χ3n) is 4.10. The lowest BCUT2D eigenvalue weighted by atomic mass is 9.96. The molecule has 5 heteroatoms. The Bertz CT molecular complexity index is 454. The fourth-order valence-corrected chi connectivity index (χ4v) is 2.61. The minimum Gasteiger partial charge on any atom is -0.490 e. The lowest BCUT2D eigenvalue weighted by molar-refractivity contribution is 0.0930. The second kappa shape index (κ2) is 7.66. The fraction of sp³-hybridized carbons (Fsp3) is 0.562. The molecule has 1 heterocycles. The van der Waals surface area contributed by atoms with E-state index in [2.05, 4.69) is 10.6 Å². The summed E-state index contributed by atoms with van der Waals surface area (Å²) >= 11 is 0. The quantitative estimate of drug-likeness (QED) is 0.898. The summed E-state index contributed by atoms with van der Waals surface area (Å²) in [4.78, 5) is 12.1. The van der Waals surface area contributed by atoms with Crippen LogP contribution < -0.4 is 15.4 Å². The van der Waals surface area contributed by atoms with E-state index in [9.17, 15) is 4.79 Å². The zero-order chi connectivity index (χ0) is 13.8. The lowest BCUT2D eigenvalue weighted by Gasteiger charge is -2.26. The topological polar surface area (TPSA) is 50.4 Å². The van der Waals surface area contributed by atoms with Gasteiger partial charge in [0.2, 0.25) is 0 Å². The van der Waals surface area contributed by atoms with Crippen LogP contribution in [0.5, 0.6) is 5.75 Å². The number of hydrogen-bond acceptors (Lipinski definition) is 3. The van der Waals surface area contributed by atoms with Crippen molar-refractivity contribution in [1.82, 2.24) is 10.6 Å². The number of amides is 1. The number of nitrogens with one attached hydrogen (secondary N) is 2. The molecule has 4 nitrogen and oxygen atoms in total. The molecule has 2 N–H and O–H groups in total. The van der Waals surface area contributed by atoms with Gasteiger partial charge in [0.05, 0.1) is 6.10 Å². The predicted octanol–water partition coefficient (Wildman–Crippen LogP) is 2.52. The number of carbonyl (C=O) groups is 1. The Morgan fingerprint density at radius 3 is 2.48 bits per heavy atom. The number of piperidine rings is 1. The van der Waals surface area contributed by atoms with Crippen LogP contribution >= 0.6 is 12.4 Å². The van der Waals surface area contributed by atoms with Gasteiger partial charge in [0.1, 0.15) is 5.75 Å². The third kappa shape index (κ3) is 4.35. The summed E-state index contributed by atoms with van der Waals surface area (Å²) in [6, 6.07) is 7.74. The summed E-state index contributed by atoms with van der Waals surface area (Å²) in [5.74, 6) is 0.875. The molecule has 21 heavy (non-hydrogen) atoms. The van der Waals surface area contributed by atoms with Crippen LogP contribution in [0.4, 0.5) is 0 Å². The zero-order valence-electron chi connectivity index (χ0n) is 12.1. The van der Waals surface area contributed by atoms with Crippen molar-refractivity contribution < 1.29 is 9.53 Å². The van der Waals surface area contributed by atoms with Gasteiger partial charge < -0.3 is 15.4 Å². The number of benzene rings is 1. The Kier molecular flexibility index (Phi) is 5.88. The average molecular weight is 311 g/mol. The zero-order valence-corrected chi connectivity index (χ0v) is 13.0. The molecule has 1 aliphatic heterocycles. The van der Waals surface area contributed by atoms with E-state index in [4.69, 9.17) is 4.74 Å². The summed E-state index contributed by atoms with van der Waals surface area (Å²) < 4.78 is 5.79. The highest BCUT2D eigenvalue weighted by Crippen LogP contribution is 2.25. The van der Waals surface area contributed by atoms with E-state index in [0.29, 0.717) is 11.7 Å². The number of hydrogen-bond donors (Lipinski definition) is 2. The molecular weight excluding hydrogens is 288 g/mol. The van der Waals surface area contributed by atoms with E-state index in [1.54, 1.807) is 0 Å². The summed E-state index contributed by atoms with van der Waals surface area (Å²) in [5.41, 5.74) is 0.705. The molecule has 0 aromatic heterocycles. The van der Waals surface area contributed by atoms with Crippen molar-refractivity contribution in [3.05, 3.63) is 29.8 Å². The lowest BCUT2D eigenvalue weighted by Crippen LogP contribution is -2.45. The molecule has 0 bridgehead atoms. The van der Waals surface area contributed by atoms with Crippen LogP contribution in [0.1, 0.15) is 42.5 Å². The van der Waals surface area contributed by atoms with E-state index >= 15 is 0 Å². The van der Waals surface area contributed by atoms with E-state index in [-0.39, 0.29) is 24.4 Å². The number of carbonyl (C=O) groups excluding carboxylic acids is 1. The number of halogens is 1. The van der Waals surface area contributed by atoms with Gasteiger partial charge >= 0.3 is 0 Å². The van der Waals surface area contributed by atoms with Crippen molar-refractivity contribution in [1.29, 1.82) is 0 Å². The standard InChI is InChI=1S/C16H22N2O2.ClH/c19-16(18-13-3-2-10-17-11-13)12-6-8-15(9-7-12)20-14-4-1-5-14;/h6-9,13-14,17H,1-5,10-11H2,(H,18,19);1H/t13-;/m0./s1. The predicted molar refractivity (Wildman–Crippen MR) is 85.3 cm³/mol. The van der Waals surface area contributed by atoms with Gasteiger partial charge in [-0.2, -0.15) is 0 Å². The molecule has 0 unspecified atom stereocenters. The summed E-state index contributed by atoms with van der Waals surface area (Å²) in [6.45, 7) is 1.92. The van der Waals surface area contributed by atoms with Gasteiger partial charge in [-0.05, 0) is 62.9 Å². The highest BCUT2D eigenvalue weighted by atomic mass is 35.5. The summed E-state index contributed by atoms with van der Waals surface area (Å²) in [5, 5.41) is 6.38. The van der Waals surface area contributed by atoms with Crippen molar-refractivity contribution in [2.24, 2.45) is 0 Å². The molecule has 0 radical (unpaired) electrons.